The number of benzene rings is 4. The maximum atomic E-state index is 14.4. The summed E-state index contributed by atoms with van der Waals surface area (Å²) < 4.78 is 34.8. The van der Waals surface area contributed by atoms with Crippen LogP contribution >= 0.6 is 56.5 Å². The molecule has 7 nitrogen and oxygen atoms in total. The van der Waals surface area contributed by atoms with Crippen molar-refractivity contribution in [3.63, 3.8) is 0 Å². The maximum Gasteiger partial charge on any atom is 0.338 e. The van der Waals surface area contributed by atoms with Crippen LogP contribution in [0.2, 0.25) is 0 Å². The second-order valence-corrected chi connectivity index (χ2v) is 14.1. The van der Waals surface area contributed by atoms with Gasteiger partial charge in [0.15, 0.2) is 4.80 Å². The third-order valence-electron chi connectivity index (χ3n) is 7.50. The van der Waals surface area contributed by atoms with Gasteiger partial charge in [-0.3, -0.25) is 9.36 Å². The van der Waals surface area contributed by atoms with Crippen molar-refractivity contribution in [2.75, 3.05) is 13.2 Å². The first-order valence-electron chi connectivity index (χ1n) is 15.1. The zero-order valence-electron chi connectivity index (χ0n) is 25.9. The molecule has 2 heterocycles. The molecule has 0 saturated heterocycles. The van der Waals surface area contributed by atoms with Gasteiger partial charge in [0.2, 0.25) is 0 Å². The van der Waals surface area contributed by atoms with E-state index in [9.17, 15) is 14.0 Å². The highest BCUT2D eigenvalue weighted by Gasteiger charge is 2.35. The molecule has 5 aromatic rings. The van der Waals surface area contributed by atoms with E-state index in [1.54, 1.807) is 29.7 Å². The van der Waals surface area contributed by atoms with Gasteiger partial charge in [-0.1, -0.05) is 65.9 Å². The number of esters is 1. The number of aromatic nitrogens is 1. The average Bonchev–Trinajstić information content (AvgIpc) is 3.39. The molecule has 0 radical (unpaired) electrons. The maximum absolute atomic E-state index is 14.4. The molecule has 1 atom stereocenters. The highest BCUT2D eigenvalue weighted by Crippen LogP contribution is 2.36. The standard InChI is InChI=1S/C37H29FI2N2O5S/c1-3-45-28-16-12-24(13-17-28)33-31(36(44)46-4-2)32(23-8-6-5-7-9-23)41-37-42(33)35(43)30(48-37)19-25-18-27(39)20-29(40)34(25)47-21-22-10-14-26(38)15-11-22/h5-20,33H,3-4,21H2,1-2H3/b30-19-/t33-/m0/s1. The zero-order valence-corrected chi connectivity index (χ0v) is 31.0. The molecular weight excluding hydrogens is 857 g/mol. The molecule has 0 unspecified atom stereocenters. The van der Waals surface area contributed by atoms with E-state index in [0.29, 0.717) is 44.3 Å². The molecule has 1 aliphatic rings. The van der Waals surface area contributed by atoms with E-state index in [1.165, 1.54) is 23.5 Å². The van der Waals surface area contributed by atoms with E-state index in [1.807, 2.05) is 73.7 Å². The Morgan fingerprint density at radius 1 is 0.958 bits per heavy atom. The first kappa shape index (κ1) is 34.1. The van der Waals surface area contributed by atoms with Crippen LogP contribution in [0.3, 0.4) is 0 Å². The second-order valence-electron chi connectivity index (χ2n) is 10.7. The number of rotatable bonds is 10. The van der Waals surface area contributed by atoms with Crippen LogP contribution in [0.1, 0.15) is 42.1 Å². The number of halogens is 3. The van der Waals surface area contributed by atoms with Crippen molar-refractivity contribution in [1.82, 2.24) is 4.57 Å². The Bertz CT molecular complexity index is 2180. The van der Waals surface area contributed by atoms with Crippen molar-refractivity contribution in [3.05, 3.63) is 151 Å². The molecule has 0 saturated carbocycles. The van der Waals surface area contributed by atoms with Crippen LogP contribution in [0, 0.1) is 13.0 Å². The van der Waals surface area contributed by atoms with Gasteiger partial charge < -0.3 is 14.2 Å². The summed E-state index contributed by atoms with van der Waals surface area (Å²) in [7, 11) is 0. The Morgan fingerprint density at radius 2 is 1.69 bits per heavy atom. The topological polar surface area (TPSA) is 79.1 Å². The first-order chi connectivity index (χ1) is 23.3. The Kier molecular flexibility index (Phi) is 10.8. The molecule has 1 aromatic heterocycles. The SMILES string of the molecule is CCOC(=O)C1=C(c2ccccc2)N=c2s/c(=C\c3cc(I)cc(I)c3OCc3ccc(F)cc3)c(=O)n2[C@H]1c1ccc(OCC)cc1. The van der Waals surface area contributed by atoms with Crippen molar-refractivity contribution < 1.29 is 23.4 Å². The van der Waals surface area contributed by atoms with Crippen LogP contribution in [-0.2, 0) is 16.1 Å². The summed E-state index contributed by atoms with van der Waals surface area (Å²) in [5.74, 6) is 0.423. The monoisotopic (exact) mass is 886 g/mol. The third kappa shape index (κ3) is 7.27. The van der Waals surface area contributed by atoms with Crippen LogP contribution in [0.4, 0.5) is 4.39 Å². The number of carbonyl (C=O) groups is 1. The van der Waals surface area contributed by atoms with Crippen LogP contribution in [-0.4, -0.2) is 23.8 Å². The molecule has 4 aromatic carbocycles. The van der Waals surface area contributed by atoms with Gasteiger partial charge in [-0.2, -0.15) is 0 Å². The number of hydrogen-bond donors (Lipinski definition) is 0. The largest absolute Gasteiger partial charge is 0.494 e. The fourth-order valence-electron chi connectivity index (χ4n) is 5.39. The van der Waals surface area contributed by atoms with E-state index in [0.717, 1.165) is 18.3 Å². The molecule has 6 rings (SSSR count). The van der Waals surface area contributed by atoms with Gasteiger partial charge in [-0.25, -0.2) is 14.2 Å². The highest BCUT2D eigenvalue weighted by molar-refractivity contribution is 14.1. The Labute approximate surface area is 307 Å². The minimum absolute atomic E-state index is 0.163. The van der Waals surface area contributed by atoms with Crippen molar-refractivity contribution in [3.8, 4) is 11.5 Å². The molecular formula is C37H29FI2N2O5S. The predicted octanol–water partition coefficient (Wildman–Crippen LogP) is 7.26. The third-order valence-corrected chi connectivity index (χ3v) is 9.91. The lowest BCUT2D eigenvalue weighted by Crippen LogP contribution is -2.40. The molecule has 0 N–H and O–H groups in total. The highest BCUT2D eigenvalue weighted by atomic mass is 127. The molecule has 11 heteroatoms. The summed E-state index contributed by atoms with van der Waals surface area (Å²) in [6, 6.07) is 26.1. The Morgan fingerprint density at radius 3 is 2.38 bits per heavy atom. The predicted molar refractivity (Wildman–Crippen MR) is 201 cm³/mol. The van der Waals surface area contributed by atoms with Crippen molar-refractivity contribution in [2.24, 2.45) is 4.99 Å². The van der Waals surface area contributed by atoms with E-state index >= 15 is 0 Å². The van der Waals surface area contributed by atoms with Crippen molar-refractivity contribution in [1.29, 1.82) is 0 Å². The number of ether oxygens (including phenoxy) is 3. The molecule has 0 bridgehead atoms. The molecule has 0 aliphatic carbocycles. The fourth-order valence-corrected chi connectivity index (χ4v) is 8.42. The minimum atomic E-state index is -0.807. The van der Waals surface area contributed by atoms with Gasteiger partial charge in [0, 0.05) is 14.7 Å². The Balaban J connectivity index is 1.55. The smallest absolute Gasteiger partial charge is 0.338 e. The van der Waals surface area contributed by atoms with Gasteiger partial charge in [0.1, 0.15) is 23.9 Å². The fraction of sp³-hybridized carbons (Fsp3) is 0.162. The molecule has 0 fully saturated rings. The van der Waals surface area contributed by atoms with Gasteiger partial charge >= 0.3 is 5.97 Å². The van der Waals surface area contributed by atoms with Gasteiger partial charge in [-0.15, -0.1) is 0 Å². The van der Waals surface area contributed by atoms with Gasteiger partial charge in [0.25, 0.3) is 5.56 Å². The number of hydrogen-bond acceptors (Lipinski definition) is 7. The summed E-state index contributed by atoms with van der Waals surface area (Å²) in [6.07, 6.45) is 1.81. The quantitative estimate of drug-likeness (QED) is 0.109. The summed E-state index contributed by atoms with van der Waals surface area (Å²) in [6.45, 7) is 4.55. The molecule has 0 amide bonds. The van der Waals surface area contributed by atoms with Crippen molar-refractivity contribution >= 4 is 74.3 Å². The van der Waals surface area contributed by atoms with Crippen LogP contribution in [0.15, 0.2) is 106 Å². The molecule has 0 spiro atoms. The van der Waals surface area contributed by atoms with E-state index in [4.69, 9.17) is 19.2 Å². The molecule has 48 heavy (non-hydrogen) atoms. The van der Waals surface area contributed by atoms with E-state index in [-0.39, 0.29) is 30.2 Å². The van der Waals surface area contributed by atoms with Gasteiger partial charge in [0.05, 0.1) is 38.6 Å². The summed E-state index contributed by atoms with van der Waals surface area (Å²) in [5.41, 5.74) is 3.40. The molecule has 1 aliphatic heterocycles. The second kappa shape index (κ2) is 15.2. The summed E-state index contributed by atoms with van der Waals surface area (Å²) >= 11 is 5.70. The lowest BCUT2D eigenvalue weighted by Gasteiger charge is -2.26. The zero-order chi connectivity index (χ0) is 33.8. The van der Waals surface area contributed by atoms with Gasteiger partial charge in [-0.05, 0) is 113 Å². The number of fused-ring (bicyclic) bond motifs is 1. The first-order valence-corrected chi connectivity index (χ1v) is 18.1. The van der Waals surface area contributed by atoms with Crippen LogP contribution in [0.25, 0.3) is 11.8 Å². The number of nitrogens with zero attached hydrogens (tertiary/aromatic N) is 2. The lowest BCUT2D eigenvalue weighted by molar-refractivity contribution is -0.138. The van der Waals surface area contributed by atoms with E-state index < -0.39 is 12.0 Å². The number of carbonyl (C=O) groups excluding carboxylic acids is 1. The average molecular weight is 887 g/mol. The Hall–Kier alpha value is -3.82. The lowest BCUT2D eigenvalue weighted by atomic mass is 9.93. The van der Waals surface area contributed by atoms with E-state index in [2.05, 4.69) is 45.2 Å². The summed E-state index contributed by atoms with van der Waals surface area (Å²) in [5, 5.41) is 0. The summed E-state index contributed by atoms with van der Waals surface area (Å²) in [4.78, 5) is 33.6. The van der Waals surface area contributed by atoms with Crippen LogP contribution < -0.4 is 24.4 Å². The number of thiazole rings is 1. The normalized spacial score (nSPS) is 14.4. The van der Waals surface area contributed by atoms with Crippen molar-refractivity contribution in [2.45, 2.75) is 26.5 Å². The molecule has 244 valence electrons. The van der Waals surface area contributed by atoms with Crippen LogP contribution in [0.5, 0.6) is 11.5 Å². The minimum Gasteiger partial charge on any atom is -0.494 e.